The first-order valence-electron chi connectivity index (χ1n) is 11.2. The lowest BCUT2D eigenvalue weighted by atomic mass is 9.52. The Morgan fingerprint density at radius 1 is 1.19 bits per heavy atom. The summed E-state index contributed by atoms with van der Waals surface area (Å²) >= 11 is 0. The molecule has 0 bridgehead atoms. The van der Waals surface area contributed by atoms with Crippen LogP contribution >= 0.6 is 0 Å². The summed E-state index contributed by atoms with van der Waals surface area (Å²) in [4.78, 5) is 0. The largest absolute Gasteiger partial charge is 0.325 e. The Hall–Kier alpha value is -0.300. The predicted octanol–water partition coefficient (Wildman–Crippen LogP) is 7.36. The Kier molecular flexibility index (Phi) is 6.15. The fourth-order valence-corrected chi connectivity index (χ4v) is 5.79. The summed E-state index contributed by atoms with van der Waals surface area (Å²) in [6, 6.07) is 0. The zero-order valence-corrected chi connectivity index (χ0v) is 19.2. The molecule has 1 heteroatoms. The normalized spacial score (nSPS) is 36.7. The monoisotopic (exact) mass is 361 g/mol. The van der Waals surface area contributed by atoms with E-state index >= 15 is 0 Å². The van der Waals surface area contributed by atoms with Gasteiger partial charge < -0.3 is 5.73 Å². The van der Waals surface area contributed by atoms with Crippen LogP contribution in [-0.2, 0) is 0 Å². The van der Waals surface area contributed by atoms with Crippen molar-refractivity contribution in [1.29, 1.82) is 0 Å². The lowest BCUT2D eigenvalue weighted by Crippen LogP contribution is -2.54. The SMILES string of the molecule is C=C(C)[C@@H]1CCC2(N)CC[C@@](C)(C(C)(C)CC[C@H](C)C(C)(C)CC)C[C@@H]12. The van der Waals surface area contributed by atoms with Crippen LogP contribution in [0.3, 0.4) is 0 Å². The summed E-state index contributed by atoms with van der Waals surface area (Å²) in [5, 5.41) is 0. The van der Waals surface area contributed by atoms with E-state index in [9.17, 15) is 0 Å². The molecule has 0 aromatic carbocycles. The Morgan fingerprint density at radius 3 is 2.35 bits per heavy atom. The Balaban J connectivity index is 2.12. The van der Waals surface area contributed by atoms with Crippen molar-refractivity contribution in [2.45, 2.75) is 112 Å². The maximum absolute atomic E-state index is 6.91. The van der Waals surface area contributed by atoms with Gasteiger partial charge in [0.05, 0.1) is 0 Å². The second kappa shape index (κ2) is 7.26. The van der Waals surface area contributed by atoms with Crippen molar-refractivity contribution >= 4 is 0 Å². The molecule has 1 nitrogen and oxygen atoms in total. The molecule has 5 atom stereocenters. The molecule has 2 fully saturated rings. The van der Waals surface area contributed by atoms with Gasteiger partial charge in [-0.2, -0.15) is 0 Å². The molecule has 0 aromatic heterocycles. The molecule has 0 heterocycles. The molecule has 0 saturated heterocycles. The maximum atomic E-state index is 6.91. The second-order valence-electron chi connectivity index (χ2n) is 11.8. The third-order valence-electron chi connectivity index (χ3n) is 9.67. The Bertz CT molecular complexity index is 516. The van der Waals surface area contributed by atoms with Gasteiger partial charge in [-0.15, -0.1) is 0 Å². The molecule has 2 rings (SSSR count). The molecule has 2 N–H and O–H groups in total. The van der Waals surface area contributed by atoms with E-state index in [-0.39, 0.29) is 5.54 Å². The Labute approximate surface area is 164 Å². The number of hydrogen-bond donors (Lipinski definition) is 1. The van der Waals surface area contributed by atoms with Gasteiger partial charge in [-0.3, -0.25) is 0 Å². The first-order valence-corrected chi connectivity index (χ1v) is 11.2. The van der Waals surface area contributed by atoms with Crippen molar-refractivity contribution in [3.05, 3.63) is 12.2 Å². The van der Waals surface area contributed by atoms with Gasteiger partial charge in [0.2, 0.25) is 0 Å². The van der Waals surface area contributed by atoms with Crippen LogP contribution in [0, 0.1) is 34.0 Å². The summed E-state index contributed by atoms with van der Waals surface area (Å²) in [5.74, 6) is 2.07. The number of allylic oxidation sites excluding steroid dienone is 1. The number of rotatable bonds is 7. The molecule has 0 amide bonds. The molecule has 152 valence electrons. The van der Waals surface area contributed by atoms with Gasteiger partial charge in [-0.25, -0.2) is 0 Å². The van der Waals surface area contributed by atoms with Gasteiger partial charge in [0, 0.05) is 5.54 Å². The zero-order chi connectivity index (χ0) is 20.0. The van der Waals surface area contributed by atoms with Gasteiger partial charge >= 0.3 is 0 Å². The molecule has 0 spiro atoms. The van der Waals surface area contributed by atoms with Crippen LogP contribution in [0.4, 0.5) is 0 Å². The highest BCUT2D eigenvalue weighted by Crippen LogP contribution is 2.60. The molecule has 0 radical (unpaired) electrons. The minimum absolute atomic E-state index is 0.0801. The third-order valence-corrected chi connectivity index (χ3v) is 9.67. The van der Waals surface area contributed by atoms with Crippen molar-refractivity contribution in [1.82, 2.24) is 0 Å². The van der Waals surface area contributed by atoms with E-state index in [0.717, 1.165) is 5.92 Å². The number of nitrogens with two attached hydrogens (primary N) is 1. The summed E-state index contributed by atoms with van der Waals surface area (Å²) < 4.78 is 0. The van der Waals surface area contributed by atoms with E-state index in [0.29, 0.717) is 28.1 Å². The first-order chi connectivity index (χ1) is 11.8. The van der Waals surface area contributed by atoms with Crippen LogP contribution in [0.15, 0.2) is 12.2 Å². The highest BCUT2D eigenvalue weighted by Gasteiger charge is 2.55. The van der Waals surface area contributed by atoms with Crippen LogP contribution in [0.2, 0.25) is 0 Å². The second-order valence-corrected chi connectivity index (χ2v) is 11.8. The molecular formula is C25H47N. The van der Waals surface area contributed by atoms with E-state index in [4.69, 9.17) is 5.73 Å². The molecule has 0 aromatic rings. The van der Waals surface area contributed by atoms with Crippen molar-refractivity contribution < 1.29 is 0 Å². The minimum atomic E-state index is 0.0801. The van der Waals surface area contributed by atoms with Gasteiger partial charge in [-0.05, 0) is 85.9 Å². The highest BCUT2D eigenvalue weighted by atomic mass is 14.8. The van der Waals surface area contributed by atoms with Crippen molar-refractivity contribution in [2.24, 2.45) is 39.7 Å². The summed E-state index contributed by atoms with van der Waals surface area (Å²) in [5.41, 5.74) is 9.57. The van der Waals surface area contributed by atoms with E-state index in [1.807, 2.05) is 0 Å². The van der Waals surface area contributed by atoms with Gasteiger partial charge in [0.25, 0.3) is 0 Å². The standard InChI is InChI=1S/C25H47N/c1-10-22(5,6)19(4)11-13-23(7,8)24(9)15-16-25(26)14-12-20(18(2)3)21(25)17-24/h19-21H,2,10-17,26H2,1,3-9H3/t19-,20-,21-,24+,25?/m0/s1. The van der Waals surface area contributed by atoms with Gasteiger partial charge in [0.15, 0.2) is 0 Å². The third kappa shape index (κ3) is 3.94. The molecule has 26 heavy (non-hydrogen) atoms. The van der Waals surface area contributed by atoms with Crippen LogP contribution in [0.25, 0.3) is 0 Å². The quantitative estimate of drug-likeness (QED) is 0.471. The topological polar surface area (TPSA) is 26.0 Å². The van der Waals surface area contributed by atoms with Crippen molar-refractivity contribution in [2.75, 3.05) is 0 Å². The smallest absolute Gasteiger partial charge is 0.0189 e. The van der Waals surface area contributed by atoms with E-state index in [2.05, 4.69) is 62.0 Å². The zero-order valence-electron chi connectivity index (χ0n) is 19.2. The van der Waals surface area contributed by atoms with Crippen molar-refractivity contribution in [3.63, 3.8) is 0 Å². The highest BCUT2D eigenvalue weighted by molar-refractivity contribution is 5.15. The van der Waals surface area contributed by atoms with Crippen molar-refractivity contribution in [3.8, 4) is 0 Å². The van der Waals surface area contributed by atoms with Crippen LogP contribution in [0.5, 0.6) is 0 Å². The predicted molar refractivity (Wildman–Crippen MR) is 116 cm³/mol. The number of fused-ring (bicyclic) bond motifs is 1. The van der Waals surface area contributed by atoms with Crippen LogP contribution < -0.4 is 5.73 Å². The molecule has 0 aliphatic heterocycles. The molecule has 1 unspecified atom stereocenters. The Morgan fingerprint density at radius 2 is 1.81 bits per heavy atom. The van der Waals surface area contributed by atoms with E-state index < -0.39 is 0 Å². The lowest BCUT2D eigenvalue weighted by molar-refractivity contribution is -0.0232. The number of hydrogen-bond acceptors (Lipinski definition) is 1. The van der Waals surface area contributed by atoms with Crippen LogP contribution in [0.1, 0.15) is 107 Å². The minimum Gasteiger partial charge on any atom is -0.325 e. The summed E-state index contributed by atoms with van der Waals surface area (Å²) in [7, 11) is 0. The lowest BCUT2D eigenvalue weighted by Gasteiger charge is -2.54. The molecule has 2 saturated carbocycles. The van der Waals surface area contributed by atoms with E-state index in [1.165, 1.54) is 56.9 Å². The van der Waals surface area contributed by atoms with E-state index in [1.54, 1.807) is 0 Å². The van der Waals surface area contributed by atoms with Gasteiger partial charge in [0.1, 0.15) is 0 Å². The molecule has 2 aliphatic carbocycles. The summed E-state index contributed by atoms with van der Waals surface area (Å²) in [6.07, 6.45) is 10.2. The van der Waals surface area contributed by atoms with Gasteiger partial charge in [-0.1, -0.05) is 67.0 Å². The first kappa shape index (κ1) is 22.0. The molecule has 2 aliphatic rings. The summed E-state index contributed by atoms with van der Waals surface area (Å²) in [6.45, 7) is 23.8. The average molecular weight is 362 g/mol. The average Bonchev–Trinajstić information content (AvgIpc) is 2.89. The maximum Gasteiger partial charge on any atom is 0.0189 e. The van der Waals surface area contributed by atoms with Crippen LogP contribution in [-0.4, -0.2) is 5.54 Å². The fourth-order valence-electron chi connectivity index (χ4n) is 5.79. The fraction of sp³-hybridized carbons (Fsp3) is 0.920. The molecular weight excluding hydrogens is 314 g/mol.